The Morgan fingerprint density at radius 3 is 2.48 bits per heavy atom. The van der Waals surface area contributed by atoms with Crippen LogP contribution in [0, 0.1) is 13.8 Å². The monoisotopic (exact) mass is 388 g/mol. The summed E-state index contributed by atoms with van der Waals surface area (Å²) >= 11 is 0. The number of furan rings is 1. The maximum absolute atomic E-state index is 13.0. The van der Waals surface area contributed by atoms with Crippen LogP contribution >= 0.6 is 0 Å². The average Bonchev–Trinajstić information content (AvgIpc) is 3.20. The Bertz CT molecular complexity index is 1040. The van der Waals surface area contributed by atoms with Gasteiger partial charge in [0.1, 0.15) is 11.5 Å². The van der Waals surface area contributed by atoms with E-state index >= 15 is 0 Å². The molecule has 0 aliphatic rings. The zero-order valence-corrected chi connectivity index (χ0v) is 16.7. The summed E-state index contributed by atoms with van der Waals surface area (Å²) in [5.74, 6) is -0.272. The van der Waals surface area contributed by atoms with Gasteiger partial charge in [-0.25, -0.2) is 0 Å². The second kappa shape index (κ2) is 9.06. The molecule has 0 spiro atoms. The quantitative estimate of drug-likeness (QED) is 0.609. The summed E-state index contributed by atoms with van der Waals surface area (Å²) in [4.78, 5) is 25.7. The van der Waals surface area contributed by atoms with Crippen molar-refractivity contribution in [3.63, 3.8) is 0 Å². The summed E-state index contributed by atoms with van der Waals surface area (Å²) in [6.45, 7) is 5.82. The molecule has 3 aromatic rings. The molecule has 0 radical (unpaired) electrons. The summed E-state index contributed by atoms with van der Waals surface area (Å²) in [5, 5.41) is 5.67. The van der Waals surface area contributed by atoms with Crippen LogP contribution in [-0.2, 0) is 4.79 Å². The highest BCUT2D eigenvalue weighted by Gasteiger charge is 2.18. The van der Waals surface area contributed by atoms with E-state index in [-0.39, 0.29) is 17.6 Å². The Kier molecular flexibility index (Phi) is 6.29. The lowest BCUT2D eigenvalue weighted by Gasteiger charge is -2.18. The van der Waals surface area contributed by atoms with Crippen molar-refractivity contribution in [3.05, 3.63) is 101 Å². The van der Waals surface area contributed by atoms with Crippen molar-refractivity contribution in [2.24, 2.45) is 0 Å². The van der Waals surface area contributed by atoms with E-state index in [4.69, 9.17) is 4.42 Å². The van der Waals surface area contributed by atoms with Gasteiger partial charge in [-0.1, -0.05) is 42.0 Å². The van der Waals surface area contributed by atoms with Crippen molar-refractivity contribution < 1.29 is 14.0 Å². The Balaban J connectivity index is 1.83. The SMILES string of the molecule is Cc1cccc(C(=O)N/C(=C\c2ccco2)C(=O)N[C@@H](C)c2ccccc2C)c1. The molecule has 0 fully saturated rings. The highest BCUT2D eigenvalue weighted by Crippen LogP contribution is 2.17. The third-order valence-corrected chi connectivity index (χ3v) is 4.61. The molecule has 0 unspecified atom stereocenters. The second-order valence-corrected chi connectivity index (χ2v) is 6.95. The van der Waals surface area contributed by atoms with Crippen LogP contribution in [0.4, 0.5) is 0 Å². The van der Waals surface area contributed by atoms with E-state index in [2.05, 4.69) is 10.6 Å². The van der Waals surface area contributed by atoms with Gasteiger partial charge >= 0.3 is 0 Å². The summed E-state index contributed by atoms with van der Waals surface area (Å²) in [6, 6.07) is 18.3. The van der Waals surface area contributed by atoms with Crippen molar-refractivity contribution in [2.75, 3.05) is 0 Å². The van der Waals surface area contributed by atoms with Gasteiger partial charge in [0, 0.05) is 11.6 Å². The fourth-order valence-corrected chi connectivity index (χ4v) is 3.08. The minimum atomic E-state index is -0.391. The molecule has 5 heteroatoms. The van der Waals surface area contributed by atoms with Crippen molar-refractivity contribution in [2.45, 2.75) is 26.8 Å². The van der Waals surface area contributed by atoms with Gasteiger partial charge in [0.05, 0.1) is 12.3 Å². The number of rotatable bonds is 6. The van der Waals surface area contributed by atoms with Gasteiger partial charge in [-0.15, -0.1) is 0 Å². The standard InChI is InChI=1S/C24H24N2O3/c1-16-8-6-10-19(14-16)23(27)26-22(15-20-11-7-13-29-20)24(28)25-18(3)21-12-5-4-9-17(21)2/h4-15,18H,1-3H3,(H,25,28)(H,26,27)/b22-15-/t18-/m0/s1. The first-order valence-electron chi connectivity index (χ1n) is 9.43. The van der Waals surface area contributed by atoms with E-state index in [0.717, 1.165) is 16.7 Å². The minimum Gasteiger partial charge on any atom is -0.465 e. The Hall–Kier alpha value is -3.60. The Morgan fingerprint density at radius 2 is 1.79 bits per heavy atom. The lowest BCUT2D eigenvalue weighted by molar-refractivity contribution is -0.118. The first kappa shape index (κ1) is 20.1. The lowest BCUT2D eigenvalue weighted by Crippen LogP contribution is -2.36. The van der Waals surface area contributed by atoms with E-state index in [1.807, 2.05) is 51.1 Å². The number of carbonyl (C=O) groups is 2. The molecule has 0 bridgehead atoms. The summed E-state index contributed by atoms with van der Waals surface area (Å²) < 4.78 is 5.32. The fraction of sp³-hybridized carbons (Fsp3) is 0.167. The van der Waals surface area contributed by atoms with E-state index < -0.39 is 5.91 Å². The Labute approximate surface area is 170 Å². The van der Waals surface area contributed by atoms with Crippen LogP contribution in [0.5, 0.6) is 0 Å². The maximum Gasteiger partial charge on any atom is 0.268 e. The van der Waals surface area contributed by atoms with Crippen LogP contribution < -0.4 is 10.6 Å². The molecule has 29 heavy (non-hydrogen) atoms. The van der Waals surface area contributed by atoms with Gasteiger partial charge < -0.3 is 15.1 Å². The number of amides is 2. The topological polar surface area (TPSA) is 71.3 Å². The largest absolute Gasteiger partial charge is 0.465 e. The van der Waals surface area contributed by atoms with Crippen LogP contribution in [0.15, 0.2) is 77.0 Å². The molecule has 5 nitrogen and oxygen atoms in total. The van der Waals surface area contributed by atoms with Crippen LogP contribution in [0.3, 0.4) is 0 Å². The lowest BCUT2D eigenvalue weighted by atomic mass is 10.0. The minimum absolute atomic E-state index is 0.117. The van der Waals surface area contributed by atoms with Crippen LogP contribution in [0.25, 0.3) is 6.08 Å². The van der Waals surface area contributed by atoms with Crippen LogP contribution in [0.2, 0.25) is 0 Å². The number of aryl methyl sites for hydroxylation is 2. The highest BCUT2D eigenvalue weighted by molar-refractivity contribution is 6.05. The molecule has 0 aliphatic heterocycles. The predicted molar refractivity (Wildman–Crippen MR) is 113 cm³/mol. The first-order chi connectivity index (χ1) is 13.9. The molecule has 2 N–H and O–H groups in total. The summed E-state index contributed by atoms with van der Waals surface area (Å²) in [5.41, 5.74) is 3.66. The van der Waals surface area contributed by atoms with Gasteiger partial charge in [0.2, 0.25) is 0 Å². The summed E-state index contributed by atoms with van der Waals surface area (Å²) in [6.07, 6.45) is 3.04. The molecule has 2 amide bonds. The van der Waals surface area contributed by atoms with Gasteiger partial charge in [-0.05, 0) is 56.2 Å². The molecule has 1 heterocycles. The number of carbonyl (C=O) groups excluding carboxylic acids is 2. The van der Waals surface area contributed by atoms with Crippen LogP contribution in [0.1, 0.15) is 45.8 Å². The molecule has 1 aromatic heterocycles. The first-order valence-corrected chi connectivity index (χ1v) is 9.43. The molecule has 0 aliphatic carbocycles. The predicted octanol–water partition coefficient (Wildman–Crippen LogP) is 4.54. The fourth-order valence-electron chi connectivity index (χ4n) is 3.08. The molecular formula is C24H24N2O3. The van der Waals surface area contributed by atoms with Gasteiger partial charge in [-0.2, -0.15) is 0 Å². The average molecular weight is 388 g/mol. The molecule has 3 rings (SSSR count). The van der Waals surface area contributed by atoms with Crippen molar-refractivity contribution in [1.29, 1.82) is 0 Å². The van der Waals surface area contributed by atoms with Crippen molar-refractivity contribution in [1.82, 2.24) is 10.6 Å². The van der Waals surface area contributed by atoms with E-state index in [0.29, 0.717) is 11.3 Å². The molecular weight excluding hydrogens is 364 g/mol. The Morgan fingerprint density at radius 1 is 1.00 bits per heavy atom. The zero-order chi connectivity index (χ0) is 20.8. The smallest absolute Gasteiger partial charge is 0.268 e. The molecule has 2 aromatic carbocycles. The molecule has 1 atom stereocenters. The normalized spacial score (nSPS) is 12.3. The van der Waals surface area contributed by atoms with Crippen molar-refractivity contribution in [3.8, 4) is 0 Å². The summed E-state index contributed by atoms with van der Waals surface area (Å²) in [7, 11) is 0. The third-order valence-electron chi connectivity index (χ3n) is 4.61. The van der Waals surface area contributed by atoms with E-state index in [1.54, 1.807) is 30.3 Å². The molecule has 148 valence electrons. The third kappa shape index (κ3) is 5.23. The van der Waals surface area contributed by atoms with Gasteiger partial charge in [0.25, 0.3) is 11.8 Å². The maximum atomic E-state index is 13.0. The highest BCUT2D eigenvalue weighted by atomic mass is 16.3. The van der Waals surface area contributed by atoms with E-state index in [9.17, 15) is 9.59 Å². The molecule has 0 saturated carbocycles. The number of benzene rings is 2. The second-order valence-electron chi connectivity index (χ2n) is 6.95. The van der Waals surface area contributed by atoms with Gasteiger partial charge in [0.15, 0.2) is 0 Å². The van der Waals surface area contributed by atoms with Crippen LogP contribution in [-0.4, -0.2) is 11.8 Å². The number of hydrogen-bond donors (Lipinski definition) is 2. The molecule has 0 saturated heterocycles. The number of hydrogen-bond acceptors (Lipinski definition) is 3. The number of nitrogens with one attached hydrogen (secondary N) is 2. The van der Waals surface area contributed by atoms with E-state index in [1.165, 1.54) is 12.3 Å². The van der Waals surface area contributed by atoms with Crippen molar-refractivity contribution >= 4 is 17.9 Å². The zero-order valence-electron chi connectivity index (χ0n) is 16.7. The van der Waals surface area contributed by atoms with Gasteiger partial charge in [-0.3, -0.25) is 9.59 Å².